The van der Waals surface area contributed by atoms with Crippen molar-refractivity contribution in [3.05, 3.63) is 45.2 Å². The van der Waals surface area contributed by atoms with Gasteiger partial charge in [0.25, 0.3) is 5.56 Å². The number of nitrogens with zero attached hydrogens (tertiary/aromatic N) is 2. The van der Waals surface area contributed by atoms with E-state index in [2.05, 4.69) is 52.1 Å². The Morgan fingerprint density at radius 2 is 1.88 bits per heavy atom. The van der Waals surface area contributed by atoms with Gasteiger partial charge in [-0.2, -0.15) is 0 Å². The molecule has 0 radical (unpaired) electrons. The molecule has 1 aliphatic carbocycles. The fourth-order valence-corrected chi connectivity index (χ4v) is 5.32. The number of H-pyrrole nitrogens is 1. The first-order valence-electron chi connectivity index (χ1n) is 12.5. The van der Waals surface area contributed by atoms with Crippen molar-refractivity contribution in [2.24, 2.45) is 0 Å². The topological polar surface area (TPSA) is 60.6 Å². The van der Waals surface area contributed by atoms with E-state index in [1.165, 1.54) is 30.4 Å². The van der Waals surface area contributed by atoms with Crippen molar-refractivity contribution >= 4 is 28.2 Å². The summed E-state index contributed by atoms with van der Waals surface area (Å²) in [5, 5.41) is 5.37. The normalized spacial score (nSPS) is 17.9. The first-order valence-corrected chi connectivity index (χ1v) is 12.9. The highest BCUT2D eigenvalue weighted by Gasteiger charge is 2.24. The van der Waals surface area contributed by atoms with Crippen LogP contribution in [0.25, 0.3) is 10.9 Å². The summed E-state index contributed by atoms with van der Waals surface area (Å²) in [5.74, 6) is 0. The summed E-state index contributed by atoms with van der Waals surface area (Å²) in [6.45, 7) is 10.4. The van der Waals surface area contributed by atoms with Gasteiger partial charge < -0.3 is 19.9 Å². The zero-order valence-electron chi connectivity index (χ0n) is 20.1. The van der Waals surface area contributed by atoms with E-state index < -0.39 is 0 Å². The molecule has 1 saturated heterocycles. The first kappa shape index (κ1) is 24.2. The number of thiocarbonyl (C=S) groups is 1. The number of morpholine rings is 1. The van der Waals surface area contributed by atoms with Crippen LogP contribution in [0.3, 0.4) is 0 Å². The Kier molecular flexibility index (Phi) is 8.39. The van der Waals surface area contributed by atoms with Crippen molar-refractivity contribution in [2.45, 2.75) is 65.0 Å². The third-order valence-electron chi connectivity index (χ3n) is 7.18. The SMILES string of the molecule is Cc1cc2cc(CN(C(=S)NCCCN3CCOCC3)C3CCCCC3)c(=O)[nH]c2cc1C. The van der Waals surface area contributed by atoms with Crippen LogP contribution in [0.15, 0.2) is 23.0 Å². The fraction of sp³-hybridized carbons (Fsp3) is 0.615. The molecule has 2 aliphatic rings. The van der Waals surface area contributed by atoms with Crippen LogP contribution >= 0.6 is 12.2 Å². The smallest absolute Gasteiger partial charge is 0.253 e. The lowest BCUT2D eigenvalue weighted by molar-refractivity contribution is 0.0375. The van der Waals surface area contributed by atoms with E-state index in [9.17, 15) is 4.79 Å². The van der Waals surface area contributed by atoms with Crippen molar-refractivity contribution in [1.82, 2.24) is 20.1 Å². The lowest BCUT2D eigenvalue weighted by Crippen LogP contribution is -2.47. The molecular weight excluding hydrogens is 432 g/mol. The minimum atomic E-state index is -0.0123. The predicted molar refractivity (Wildman–Crippen MR) is 139 cm³/mol. The number of pyridine rings is 1. The highest BCUT2D eigenvalue weighted by atomic mass is 32.1. The number of benzene rings is 1. The summed E-state index contributed by atoms with van der Waals surface area (Å²) in [7, 11) is 0. The Morgan fingerprint density at radius 3 is 2.64 bits per heavy atom. The van der Waals surface area contributed by atoms with E-state index in [0.717, 1.165) is 80.2 Å². The summed E-state index contributed by atoms with van der Waals surface area (Å²) < 4.78 is 5.44. The van der Waals surface area contributed by atoms with Crippen LogP contribution in [0, 0.1) is 13.8 Å². The molecular formula is C26H38N4O2S. The van der Waals surface area contributed by atoms with Gasteiger partial charge in [0, 0.05) is 36.8 Å². The Morgan fingerprint density at radius 1 is 1.15 bits per heavy atom. The first-order chi connectivity index (χ1) is 16.0. The average molecular weight is 471 g/mol. The molecule has 0 atom stereocenters. The van der Waals surface area contributed by atoms with Gasteiger partial charge >= 0.3 is 0 Å². The molecule has 0 unspecified atom stereocenters. The molecule has 2 aromatic rings. The molecule has 1 saturated carbocycles. The van der Waals surface area contributed by atoms with Gasteiger partial charge in [0.15, 0.2) is 5.11 Å². The van der Waals surface area contributed by atoms with E-state index in [4.69, 9.17) is 17.0 Å². The number of hydrogen-bond acceptors (Lipinski definition) is 4. The zero-order valence-corrected chi connectivity index (χ0v) is 20.9. The Bertz CT molecular complexity index is 1010. The summed E-state index contributed by atoms with van der Waals surface area (Å²) in [5.41, 5.74) is 4.11. The van der Waals surface area contributed by atoms with E-state index in [0.29, 0.717) is 12.6 Å². The van der Waals surface area contributed by atoms with Gasteiger partial charge in [-0.1, -0.05) is 19.3 Å². The quantitative estimate of drug-likeness (QED) is 0.473. The predicted octanol–water partition coefficient (Wildman–Crippen LogP) is 3.88. The van der Waals surface area contributed by atoms with E-state index in [-0.39, 0.29) is 5.56 Å². The molecule has 4 rings (SSSR count). The standard InChI is InChI=1S/C26H38N4O2S/c1-19-15-21-17-22(25(31)28-24(21)16-20(19)2)18-30(23-7-4-3-5-8-23)26(33)27-9-6-10-29-11-13-32-14-12-29/h15-17,23H,3-14,18H2,1-2H3,(H,27,33)(H,28,31). The number of aromatic nitrogens is 1. The zero-order chi connectivity index (χ0) is 23.2. The van der Waals surface area contributed by atoms with Crippen molar-refractivity contribution in [3.8, 4) is 0 Å². The molecule has 180 valence electrons. The summed E-state index contributed by atoms with van der Waals surface area (Å²) >= 11 is 5.87. The van der Waals surface area contributed by atoms with Gasteiger partial charge in [0.1, 0.15) is 0 Å². The molecule has 1 aliphatic heterocycles. The third kappa shape index (κ3) is 6.34. The van der Waals surface area contributed by atoms with Crippen LogP contribution in [0.5, 0.6) is 0 Å². The highest BCUT2D eigenvalue weighted by Crippen LogP contribution is 2.25. The Labute approximate surface area is 202 Å². The molecule has 0 bridgehead atoms. The molecule has 2 N–H and O–H groups in total. The van der Waals surface area contributed by atoms with E-state index >= 15 is 0 Å². The largest absolute Gasteiger partial charge is 0.379 e. The molecule has 1 aromatic heterocycles. The van der Waals surface area contributed by atoms with Gasteiger partial charge in [-0.25, -0.2) is 0 Å². The van der Waals surface area contributed by atoms with Crippen LogP contribution in [0.2, 0.25) is 0 Å². The number of rotatable bonds is 7. The highest BCUT2D eigenvalue weighted by molar-refractivity contribution is 7.80. The summed E-state index contributed by atoms with van der Waals surface area (Å²) in [6.07, 6.45) is 7.08. The minimum Gasteiger partial charge on any atom is -0.379 e. The van der Waals surface area contributed by atoms with Gasteiger partial charge in [-0.05, 0) is 86.6 Å². The lowest BCUT2D eigenvalue weighted by Gasteiger charge is -2.36. The second kappa shape index (κ2) is 11.4. The number of aromatic amines is 1. The fourth-order valence-electron chi connectivity index (χ4n) is 5.01. The monoisotopic (exact) mass is 470 g/mol. The van der Waals surface area contributed by atoms with Gasteiger partial charge in [-0.15, -0.1) is 0 Å². The van der Waals surface area contributed by atoms with Crippen molar-refractivity contribution in [1.29, 1.82) is 0 Å². The maximum Gasteiger partial charge on any atom is 0.253 e. The van der Waals surface area contributed by atoms with Crippen LogP contribution in [-0.4, -0.2) is 65.3 Å². The second-order valence-corrected chi connectivity index (χ2v) is 9.99. The molecule has 2 heterocycles. The van der Waals surface area contributed by atoms with Crippen molar-refractivity contribution in [2.75, 3.05) is 39.4 Å². The minimum absolute atomic E-state index is 0.0123. The van der Waals surface area contributed by atoms with Crippen LogP contribution in [-0.2, 0) is 11.3 Å². The summed E-state index contributed by atoms with van der Waals surface area (Å²) in [6, 6.07) is 6.68. The molecule has 1 aromatic carbocycles. The number of hydrogen-bond donors (Lipinski definition) is 2. The average Bonchev–Trinajstić information content (AvgIpc) is 2.83. The molecule has 7 heteroatoms. The van der Waals surface area contributed by atoms with Gasteiger partial charge in [0.2, 0.25) is 0 Å². The van der Waals surface area contributed by atoms with Crippen molar-refractivity contribution in [3.63, 3.8) is 0 Å². The van der Waals surface area contributed by atoms with Crippen LogP contribution in [0.4, 0.5) is 0 Å². The van der Waals surface area contributed by atoms with Crippen molar-refractivity contribution < 1.29 is 4.74 Å². The summed E-state index contributed by atoms with van der Waals surface area (Å²) in [4.78, 5) is 20.8. The van der Waals surface area contributed by atoms with Crippen LogP contribution < -0.4 is 10.9 Å². The Hall–Kier alpha value is -1.96. The van der Waals surface area contributed by atoms with Gasteiger partial charge in [-0.3, -0.25) is 9.69 Å². The van der Waals surface area contributed by atoms with E-state index in [1.54, 1.807) is 0 Å². The number of fused-ring (bicyclic) bond motifs is 1. The lowest BCUT2D eigenvalue weighted by atomic mass is 9.94. The molecule has 6 nitrogen and oxygen atoms in total. The maximum absolute atomic E-state index is 12.9. The maximum atomic E-state index is 12.9. The molecule has 0 amide bonds. The number of nitrogens with one attached hydrogen (secondary N) is 2. The van der Waals surface area contributed by atoms with E-state index in [1.807, 2.05) is 0 Å². The molecule has 0 spiro atoms. The molecule has 2 fully saturated rings. The Balaban J connectivity index is 1.45. The van der Waals surface area contributed by atoms with Crippen LogP contribution in [0.1, 0.15) is 55.2 Å². The third-order valence-corrected chi connectivity index (χ3v) is 7.56. The molecule has 33 heavy (non-hydrogen) atoms. The second-order valence-electron chi connectivity index (χ2n) is 9.61. The number of ether oxygens (including phenoxy) is 1. The number of aryl methyl sites for hydroxylation is 2. The van der Waals surface area contributed by atoms with Gasteiger partial charge in [0.05, 0.1) is 19.8 Å².